The lowest BCUT2D eigenvalue weighted by molar-refractivity contribution is 0.688. The van der Waals surface area contributed by atoms with E-state index in [0.717, 1.165) is 28.4 Å². The smallest absolute Gasteiger partial charge is 0.0489 e. The molecule has 13 heavy (non-hydrogen) atoms. The van der Waals surface area contributed by atoms with Gasteiger partial charge in [-0.05, 0) is 26.3 Å². The predicted octanol–water partition coefficient (Wildman–Crippen LogP) is 2.76. The summed E-state index contributed by atoms with van der Waals surface area (Å²) in [5.74, 6) is 0. The van der Waals surface area contributed by atoms with Gasteiger partial charge in [-0.3, -0.25) is 4.98 Å². The Balaban J connectivity index is 3.20. The normalized spacial score (nSPS) is 13.0. The van der Waals surface area contributed by atoms with Gasteiger partial charge >= 0.3 is 0 Å². The van der Waals surface area contributed by atoms with Gasteiger partial charge in [0.05, 0.1) is 0 Å². The lowest BCUT2D eigenvalue weighted by atomic mass is 10.0. The van der Waals surface area contributed by atoms with Crippen LogP contribution in [0.25, 0.3) is 0 Å². The fourth-order valence-electron chi connectivity index (χ4n) is 1.44. The molecule has 0 aliphatic rings. The molecule has 2 N–H and O–H groups in total. The van der Waals surface area contributed by atoms with E-state index < -0.39 is 0 Å². The zero-order valence-electron chi connectivity index (χ0n) is 8.26. The quantitative estimate of drug-likeness (QED) is 0.794. The molecule has 1 aromatic heterocycles. The number of hydrogen-bond acceptors (Lipinski definition) is 2. The highest BCUT2D eigenvalue weighted by molar-refractivity contribution is 6.31. The average molecular weight is 199 g/mol. The van der Waals surface area contributed by atoms with Crippen molar-refractivity contribution in [1.82, 2.24) is 4.98 Å². The van der Waals surface area contributed by atoms with Gasteiger partial charge in [0.25, 0.3) is 0 Å². The molecule has 2 nitrogen and oxygen atoms in total. The van der Waals surface area contributed by atoms with Crippen LogP contribution in [0.5, 0.6) is 0 Å². The molecule has 3 heteroatoms. The maximum absolute atomic E-state index is 6.09. The molecule has 0 aliphatic heterocycles. The molecule has 0 fully saturated rings. The third-order valence-electron chi connectivity index (χ3n) is 2.14. The Bertz CT molecular complexity index is 287. The van der Waals surface area contributed by atoms with Gasteiger partial charge < -0.3 is 5.73 Å². The van der Waals surface area contributed by atoms with Crippen molar-refractivity contribution in [2.45, 2.75) is 33.2 Å². The molecule has 1 atom stereocenters. The number of aryl methyl sites for hydroxylation is 2. The van der Waals surface area contributed by atoms with Crippen molar-refractivity contribution in [3.05, 3.63) is 28.0 Å². The first-order valence-corrected chi connectivity index (χ1v) is 4.83. The predicted molar refractivity (Wildman–Crippen MR) is 55.9 cm³/mol. The van der Waals surface area contributed by atoms with E-state index >= 15 is 0 Å². The van der Waals surface area contributed by atoms with Gasteiger partial charge in [0.2, 0.25) is 0 Å². The standard InChI is InChI=1S/C10H15ClN2/c1-4-9(12)10-7(3)13-6(2)5-8(10)11/h5,9H,4,12H2,1-3H3. The van der Waals surface area contributed by atoms with Crippen LogP contribution >= 0.6 is 11.6 Å². The van der Waals surface area contributed by atoms with E-state index in [1.54, 1.807) is 0 Å². The summed E-state index contributed by atoms with van der Waals surface area (Å²) in [5.41, 5.74) is 8.79. The molecule has 0 spiro atoms. The van der Waals surface area contributed by atoms with Crippen LogP contribution in [0.4, 0.5) is 0 Å². The lowest BCUT2D eigenvalue weighted by Crippen LogP contribution is -2.12. The molecule has 0 saturated carbocycles. The van der Waals surface area contributed by atoms with Gasteiger partial charge in [-0.2, -0.15) is 0 Å². The molecule has 72 valence electrons. The van der Waals surface area contributed by atoms with Crippen molar-refractivity contribution in [2.75, 3.05) is 0 Å². The second-order valence-electron chi connectivity index (χ2n) is 3.26. The van der Waals surface area contributed by atoms with Crippen LogP contribution in [0.15, 0.2) is 6.07 Å². The molecule has 1 aromatic rings. The Morgan fingerprint density at radius 2 is 2.15 bits per heavy atom. The van der Waals surface area contributed by atoms with E-state index in [1.165, 1.54) is 0 Å². The van der Waals surface area contributed by atoms with Crippen LogP contribution in [0.3, 0.4) is 0 Å². The van der Waals surface area contributed by atoms with Crippen LogP contribution in [0.2, 0.25) is 5.02 Å². The molecular weight excluding hydrogens is 184 g/mol. The number of pyridine rings is 1. The highest BCUT2D eigenvalue weighted by Crippen LogP contribution is 2.26. The van der Waals surface area contributed by atoms with E-state index in [1.807, 2.05) is 26.8 Å². The van der Waals surface area contributed by atoms with Gasteiger partial charge in [0, 0.05) is 28.0 Å². The third-order valence-corrected chi connectivity index (χ3v) is 2.45. The Morgan fingerprint density at radius 1 is 1.54 bits per heavy atom. The van der Waals surface area contributed by atoms with E-state index in [2.05, 4.69) is 4.98 Å². The molecule has 1 heterocycles. The number of hydrogen-bond donors (Lipinski definition) is 1. The van der Waals surface area contributed by atoms with Gasteiger partial charge in [0.1, 0.15) is 0 Å². The zero-order chi connectivity index (χ0) is 10.0. The Hall–Kier alpha value is -0.600. The fourth-order valence-corrected chi connectivity index (χ4v) is 1.88. The molecule has 0 aliphatic carbocycles. The molecular formula is C10H15ClN2. The first-order chi connectivity index (χ1) is 6.06. The van der Waals surface area contributed by atoms with Crippen LogP contribution in [0, 0.1) is 13.8 Å². The van der Waals surface area contributed by atoms with E-state index in [0.29, 0.717) is 0 Å². The van der Waals surface area contributed by atoms with Crippen molar-refractivity contribution in [3.8, 4) is 0 Å². The Morgan fingerprint density at radius 3 is 2.62 bits per heavy atom. The van der Waals surface area contributed by atoms with Crippen molar-refractivity contribution >= 4 is 11.6 Å². The topological polar surface area (TPSA) is 38.9 Å². The lowest BCUT2D eigenvalue weighted by Gasteiger charge is -2.14. The van der Waals surface area contributed by atoms with Crippen molar-refractivity contribution < 1.29 is 0 Å². The van der Waals surface area contributed by atoms with Crippen LogP contribution in [-0.4, -0.2) is 4.98 Å². The summed E-state index contributed by atoms with van der Waals surface area (Å²) >= 11 is 6.09. The average Bonchev–Trinajstić information content (AvgIpc) is 2.02. The minimum absolute atomic E-state index is 0.000556. The second-order valence-corrected chi connectivity index (χ2v) is 3.67. The molecule has 0 radical (unpaired) electrons. The van der Waals surface area contributed by atoms with Gasteiger partial charge in [-0.15, -0.1) is 0 Å². The highest BCUT2D eigenvalue weighted by atomic mass is 35.5. The summed E-state index contributed by atoms with van der Waals surface area (Å²) in [4.78, 5) is 4.34. The van der Waals surface area contributed by atoms with Crippen LogP contribution < -0.4 is 5.73 Å². The largest absolute Gasteiger partial charge is 0.324 e. The molecule has 0 aromatic carbocycles. The molecule has 0 amide bonds. The first-order valence-electron chi connectivity index (χ1n) is 4.45. The minimum atomic E-state index is 0.000556. The van der Waals surface area contributed by atoms with Crippen molar-refractivity contribution in [3.63, 3.8) is 0 Å². The summed E-state index contributed by atoms with van der Waals surface area (Å²) < 4.78 is 0. The summed E-state index contributed by atoms with van der Waals surface area (Å²) in [6.45, 7) is 5.92. The molecule has 1 rings (SSSR count). The zero-order valence-corrected chi connectivity index (χ0v) is 9.02. The van der Waals surface area contributed by atoms with Crippen molar-refractivity contribution in [2.24, 2.45) is 5.73 Å². The fraction of sp³-hybridized carbons (Fsp3) is 0.500. The van der Waals surface area contributed by atoms with Crippen LogP contribution in [-0.2, 0) is 0 Å². The highest BCUT2D eigenvalue weighted by Gasteiger charge is 2.12. The summed E-state index contributed by atoms with van der Waals surface area (Å²) in [7, 11) is 0. The van der Waals surface area contributed by atoms with Gasteiger partial charge in [-0.1, -0.05) is 18.5 Å². The van der Waals surface area contributed by atoms with Crippen LogP contribution in [0.1, 0.15) is 36.3 Å². The molecule has 0 bridgehead atoms. The number of halogens is 1. The van der Waals surface area contributed by atoms with Gasteiger partial charge in [-0.25, -0.2) is 0 Å². The SMILES string of the molecule is CCC(N)c1c(Cl)cc(C)nc1C. The number of aromatic nitrogens is 1. The first kappa shape index (κ1) is 10.5. The summed E-state index contributed by atoms with van der Waals surface area (Å²) in [5, 5.41) is 0.736. The van der Waals surface area contributed by atoms with E-state index in [-0.39, 0.29) is 6.04 Å². The third kappa shape index (κ3) is 2.20. The maximum atomic E-state index is 6.09. The molecule has 0 saturated heterocycles. The Kier molecular flexibility index (Phi) is 3.28. The van der Waals surface area contributed by atoms with Crippen molar-refractivity contribution in [1.29, 1.82) is 0 Å². The number of nitrogens with zero attached hydrogens (tertiary/aromatic N) is 1. The summed E-state index contributed by atoms with van der Waals surface area (Å²) in [6.07, 6.45) is 0.880. The Labute approximate surface area is 84.1 Å². The minimum Gasteiger partial charge on any atom is -0.324 e. The van der Waals surface area contributed by atoms with E-state index in [4.69, 9.17) is 17.3 Å². The monoisotopic (exact) mass is 198 g/mol. The second kappa shape index (κ2) is 4.07. The van der Waals surface area contributed by atoms with E-state index in [9.17, 15) is 0 Å². The number of nitrogens with two attached hydrogens (primary N) is 1. The summed E-state index contributed by atoms with van der Waals surface area (Å²) in [6, 6.07) is 1.86. The number of rotatable bonds is 2. The molecule has 1 unspecified atom stereocenters. The maximum Gasteiger partial charge on any atom is 0.0489 e. The van der Waals surface area contributed by atoms with Gasteiger partial charge in [0.15, 0.2) is 0 Å².